The maximum atomic E-state index is 12.9. The molecule has 0 aliphatic heterocycles. The molecule has 0 saturated heterocycles. The summed E-state index contributed by atoms with van der Waals surface area (Å²) < 4.78 is 0. The first-order valence-electron chi connectivity index (χ1n) is 7.73. The summed E-state index contributed by atoms with van der Waals surface area (Å²) in [5, 5.41) is 16.8. The van der Waals surface area contributed by atoms with Crippen LogP contribution in [-0.2, 0) is 0 Å². The van der Waals surface area contributed by atoms with Crippen molar-refractivity contribution in [3.05, 3.63) is 65.7 Å². The fourth-order valence-electron chi connectivity index (χ4n) is 2.86. The number of nitrogens with zero attached hydrogens (tertiary/aromatic N) is 4. The summed E-state index contributed by atoms with van der Waals surface area (Å²) in [6.45, 7) is 1.90. The molecule has 2 aromatic carbocycles. The molecule has 4 rings (SSSR count). The molecular weight excluding hydrogens is 316 g/mol. The van der Waals surface area contributed by atoms with Crippen LogP contribution < -0.4 is 5.32 Å². The van der Waals surface area contributed by atoms with Crippen molar-refractivity contribution in [1.82, 2.24) is 25.6 Å². The zero-order valence-electron chi connectivity index (χ0n) is 13.4. The van der Waals surface area contributed by atoms with E-state index >= 15 is 0 Å². The Morgan fingerprint density at radius 2 is 1.80 bits per heavy atom. The van der Waals surface area contributed by atoms with E-state index in [-0.39, 0.29) is 11.9 Å². The second-order valence-electron chi connectivity index (χ2n) is 5.53. The van der Waals surface area contributed by atoms with Crippen LogP contribution in [0.2, 0.25) is 0 Å². The predicted octanol–water partition coefficient (Wildman–Crippen LogP) is 2.98. The van der Waals surface area contributed by atoms with Crippen molar-refractivity contribution < 1.29 is 4.79 Å². The van der Waals surface area contributed by atoms with Crippen LogP contribution in [0.1, 0.15) is 15.9 Å². The van der Waals surface area contributed by atoms with Gasteiger partial charge in [0.05, 0.1) is 16.8 Å². The van der Waals surface area contributed by atoms with E-state index in [2.05, 4.69) is 25.9 Å². The van der Waals surface area contributed by atoms with Gasteiger partial charge in [-0.25, -0.2) is 4.98 Å². The van der Waals surface area contributed by atoms with E-state index in [1.165, 1.54) is 0 Å². The monoisotopic (exact) mass is 330 g/mol. The number of para-hydroxylation sites is 1. The average Bonchev–Trinajstić information content (AvgIpc) is 3.14. The number of aromatic nitrogens is 5. The topological polar surface area (TPSA) is 96.5 Å². The number of hydrogen-bond acceptors (Lipinski definition) is 5. The van der Waals surface area contributed by atoms with Gasteiger partial charge in [0.1, 0.15) is 0 Å². The first-order chi connectivity index (χ1) is 12.2. The summed E-state index contributed by atoms with van der Waals surface area (Å²) in [7, 11) is 0. The van der Waals surface area contributed by atoms with E-state index < -0.39 is 0 Å². The molecule has 2 aromatic heterocycles. The molecule has 25 heavy (non-hydrogen) atoms. The maximum Gasteiger partial charge on any atom is 0.270 e. The summed E-state index contributed by atoms with van der Waals surface area (Å²) >= 11 is 0. The Balaban J connectivity index is 1.92. The summed E-state index contributed by atoms with van der Waals surface area (Å²) in [5.74, 6) is -0.166. The Kier molecular flexibility index (Phi) is 3.66. The van der Waals surface area contributed by atoms with Gasteiger partial charge in [0, 0.05) is 10.9 Å². The van der Waals surface area contributed by atoms with Crippen LogP contribution >= 0.6 is 0 Å². The van der Waals surface area contributed by atoms with Gasteiger partial charge in [-0.1, -0.05) is 53.6 Å². The minimum atomic E-state index is -0.297. The predicted molar refractivity (Wildman–Crippen MR) is 94.0 cm³/mol. The number of fused-ring (bicyclic) bond motifs is 1. The lowest BCUT2D eigenvalue weighted by Crippen LogP contribution is -2.16. The first-order valence-corrected chi connectivity index (χ1v) is 7.73. The molecule has 1 amide bonds. The van der Waals surface area contributed by atoms with Gasteiger partial charge in [0.15, 0.2) is 0 Å². The molecule has 0 saturated carbocycles. The van der Waals surface area contributed by atoms with Crippen molar-refractivity contribution >= 4 is 22.8 Å². The summed E-state index contributed by atoms with van der Waals surface area (Å²) in [4.78, 5) is 17.6. The van der Waals surface area contributed by atoms with Gasteiger partial charge in [-0.3, -0.25) is 10.1 Å². The number of tetrazole rings is 1. The number of nitrogens with one attached hydrogen (secondary N) is 2. The Bertz CT molecular complexity index is 1040. The van der Waals surface area contributed by atoms with Gasteiger partial charge in [-0.2, -0.15) is 5.21 Å². The second kappa shape index (κ2) is 6.12. The fraction of sp³-hybridized carbons (Fsp3) is 0.0556. The Labute approximate surface area is 143 Å². The number of hydrogen-bond donors (Lipinski definition) is 2. The maximum absolute atomic E-state index is 12.9. The van der Waals surface area contributed by atoms with Crippen LogP contribution in [0.15, 0.2) is 54.6 Å². The van der Waals surface area contributed by atoms with Gasteiger partial charge in [-0.15, -0.1) is 5.10 Å². The average molecular weight is 330 g/mol. The SMILES string of the molecule is Cc1c(-c2ccccc2)nc2ccccc2c1C(=O)Nc1nn[nH]n1. The molecule has 7 nitrogen and oxygen atoms in total. The molecule has 0 bridgehead atoms. The Hall–Kier alpha value is -3.61. The molecule has 0 radical (unpaired) electrons. The number of aromatic amines is 1. The van der Waals surface area contributed by atoms with Gasteiger partial charge < -0.3 is 0 Å². The standard InChI is InChI=1S/C18H14N6O/c1-11-15(17(25)20-18-21-23-24-22-18)13-9-5-6-10-14(13)19-16(11)12-7-3-2-4-8-12/h2-10H,1H3,(H2,20,21,22,23,24,25). The molecule has 0 unspecified atom stereocenters. The molecule has 2 N–H and O–H groups in total. The lowest BCUT2D eigenvalue weighted by Gasteiger charge is -2.13. The summed E-state index contributed by atoms with van der Waals surface area (Å²) in [5.41, 5.74) is 3.84. The smallest absolute Gasteiger partial charge is 0.270 e. The van der Waals surface area contributed by atoms with Crippen LogP contribution in [-0.4, -0.2) is 31.5 Å². The van der Waals surface area contributed by atoms with Gasteiger partial charge in [-0.05, 0) is 23.8 Å². The zero-order chi connectivity index (χ0) is 17.2. The van der Waals surface area contributed by atoms with Crippen LogP contribution in [0.5, 0.6) is 0 Å². The van der Waals surface area contributed by atoms with Crippen molar-refractivity contribution in [2.24, 2.45) is 0 Å². The van der Waals surface area contributed by atoms with Gasteiger partial charge >= 0.3 is 0 Å². The largest absolute Gasteiger partial charge is 0.288 e. The lowest BCUT2D eigenvalue weighted by atomic mass is 9.97. The molecule has 2 heterocycles. The zero-order valence-corrected chi connectivity index (χ0v) is 13.4. The third-order valence-corrected chi connectivity index (χ3v) is 3.98. The van der Waals surface area contributed by atoms with Crippen LogP contribution in [0, 0.1) is 6.92 Å². The Morgan fingerprint density at radius 1 is 1.04 bits per heavy atom. The minimum absolute atomic E-state index is 0.131. The van der Waals surface area contributed by atoms with E-state index in [9.17, 15) is 4.79 Å². The summed E-state index contributed by atoms with van der Waals surface area (Å²) in [6.07, 6.45) is 0. The van der Waals surface area contributed by atoms with Crippen molar-refractivity contribution in [2.75, 3.05) is 5.32 Å². The van der Waals surface area contributed by atoms with Crippen molar-refractivity contribution in [3.63, 3.8) is 0 Å². The Morgan fingerprint density at radius 3 is 2.56 bits per heavy atom. The lowest BCUT2D eigenvalue weighted by molar-refractivity contribution is 0.102. The van der Waals surface area contributed by atoms with Crippen LogP contribution in [0.25, 0.3) is 22.2 Å². The molecule has 0 aliphatic carbocycles. The minimum Gasteiger partial charge on any atom is -0.288 e. The normalized spacial score (nSPS) is 10.8. The molecular formula is C18H14N6O. The van der Waals surface area contributed by atoms with Gasteiger partial charge in [0.25, 0.3) is 11.9 Å². The number of carbonyl (C=O) groups excluding carboxylic acids is 1. The molecule has 0 fully saturated rings. The van der Waals surface area contributed by atoms with E-state index in [1.54, 1.807) is 0 Å². The number of H-pyrrole nitrogens is 1. The van der Waals surface area contributed by atoms with Crippen LogP contribution in [0.4, 0.5) is 5.95 Å². The third-order valence-electron chi connectivity index (χ3n) is 3.98. The van der Waals surface area contributed by atoms with E-state index in [0.29, 0.717) is 5.56 Å². The number of benzene rings is 2. The molecule has 7 heteroatoms. The highest BCUT2D eigenvalue weighted by Crippen LogP contribution is 2.29. The van der Waals surface area contributed by atoms with E-state index in [4.69, 9.17) is 4.98 Å². The quantitative estimate of drug-likeness (QED) is 0.602. The third kappa shape index (κ3) is 2.72. The van der Waals surface area contributed by atoms with Crippen molar-refractivity contribution in [3.8, 4) is 11.3 Å². The van der Waals surface area contributed by atoms with Crippen molar-refractivity contribution in [2.45, 2.75) is 6.92 Å². The van der Waals surface area contributed by atoms with E-state index in [0.717, 1.165) is 27.7 Å². The number of carbonyl (C=O) groups is 1. The van der Waals surface area contributed by atoms with Gasteiger partial charge in [0.2, 0.25) is 0 Å². The molecule has 4 aromatic rings. The number of pyridine rings is 1. The highest BCUT2D eigenvalue weighted by molar-refractivity contribution is 6.13. The molecule has 0 aliphatic rings. The highest BCUT2D eigenvalue weighted by Gasteiger charge is 2.19. The van der Waals surface area contributed by atoms with E-state index in [1.807, 2.05) is 61.5 Å². The first kappa shape index (κ1) is 14.9. The number of amides is 1. The fourth-order valence-corrected chi connectivity index (χ4v) is 2.86. The second-order valence-corrected chi connectivity index (χ2v) is 5.53. The number of rotatable bonds is 3. The van der Waals surface area contributed by atoms with Crippen molar-refractivity contribution in [1.29, 1.82) is 0 Å². The molecule has 0 spiro atoms. The molecule has 122 valence electrons. The highest BCUT2D eigenvalue weighted by atomic mass is 16.1. The summed E-state index contributed by atoms with van der Waals surface area (Å²) in [6, 6.07) is 17.4. The molecule has 0 atom stereocenters. The number of anilines is 1. The van der Waals surface area contributed by atoms with Crippen LogP contribution in [0.3, 0.4) is 0 Å².